The molecule has 1 aromatic carbocycles. The normalized spacial score (nSPS) is 19.7. The van der Waals surface area contributed by atoms with Crippen molar-refractivity contribution >= 4 is 22.8 Å². The molecule has 1 N–H and O–H groups in total. The van der Waals surface area contributed by atoms with Gasteiger partial charge >= 0.3 is 5.76 Å². The lowest BCUT2D eigenvalue weighted by Gasteiger charge is -2.42. The maximum atomic E-state index is 11.9. The molecule has 0 spiro atoms. The van der Waals surface area contributed by atoms with Crippen LogP contribution in [0, 0.1) is 11.8 Å². The number of H-pyrrole nitrogens is 1. The number of benzene rings is 1. The molecule has 4 aromatic heterocycles. The topological polar surface area (TPSA) is 125 Å². The molecule has 0 unspecified atom stereocenters. The first kappa shape index (κ1) is 27.5. The van der Waals surface area contributed by atoms with Gasteiger partial charge in [-0.2, -0.15) is 0 Å². The second-order valence-corrected chi connectivity index (χ2v) is 12.0. The average Bonchev–Trinajstić information content (AvgIpc) is 3.61. The number of allylic oxidation sites excluding steroid dienone is 1. The maximum Gasteiger partial charge on any atom is 0.439 e. The number of ether oxygens (including phenoxy) is 1. The van der Waals surface area contributed by atoms with Crippen LogP contribution in [0.1, 0.15) is 56.3 Å². The molecule has 5 aromatic rings. The molecular formula is C32H32ClN7O3. The monoisotopic (exact) mass is 597 g/mol. The number of nitrogens with one attached hydrogen (secondary N) is 1. The smallest absolute Gasteiger partial charge is 0.439 e. The zero-order valence-electron chi connectivity index (χ0n) is 23.9. The number of rotatable bonds is 8. The van der Waals surface area contributed by atoms with Crippen molar-refractivity contribution < 1.29 is 9.26 Å². The highest BCUT2D eigenvalue weighted by Crippen LogP contribution is 2.50. The maximum absolute atomic E-state index is 11.9. The van der Waals surface area contributed by atoms with Crippen LogP contribution in [-0.4, -0.2) is 41.8 Å². The van der Waals surface area contributed by atoms with Gasteiger partial charge in [0.2, 0.25) is 17.5 Å². The fraction of sp³-hybridized carbons (Fsp3) is 0.375. The number of aromatic nitrogens is 7. The molecule has 0 radical (unpaired) electrons. The molecular weight excluding hydrogens is 566 g/mol. The van der Waals surface area contributed by atoms with E-state index in [0.717, 1.165) is 62.8 Å². The molecule has 4 heterocycles. The first-order valence-corrected chi connectivity index (χ1v) is 15.1. The van der Waals surface area contributed by atoms with Gasteiger partial charge in [0.25, 0.3) is 0 Å². The highest BCUT2D eigenvalue weighted by atomic mass is 35.5. The Hall–Kier alpha value is -4.31. The molecule has 0 aliphatic heterocycles. The van der Waals surface area contributed by atoms with Crippen molar-refractivity contribution in [2.24, 2.45) is 11.8 Å². The molecule has 2 fully saturated rings. The van der Waals surface area contributed by atoms with Crippen molar-refractivity contribution in [3.05, 3.63) is 82.2 Å². The van der Waals surface area contributed by atoms with E-state index < -0.39 is 5.76 Å². The SMILES string of the molecule is C=CC1CCC(Cn2c(C3(c4ccccc4)CCC3)nc3nc(-c4noc(=O)[nH]4)nc(-c4cc(Cl)cnc4OC)c32)CC1. The van der Waals surface area contributed by atoms with E-state index in [1.165, 1.54) is 11.8 Å². The van der Waals surface area contributed by atoms with E-state index in [4.69, 9.17) is 35.8 Å². The van der Waals surface area contributed by atoms with Gasteiger partial charge < -0.3 is 9.30 Å². The molecule has 2 aliphatic carbocycles. The highest BCUT2D eigenvalue weighted by molar-refractivity contribution is 6.30. The largest absolute Gasteiger partial charge is 0.481 e. The number of halogens is 1. The van der Waals surface area contributed by atoms with Crippen LogP contribution in [0.2, 0.25) is 5.02 Å². The van der Waals surface area contributed by atoms with Crippen molar-refractivity contribution in [1.82, 2.24) is 34.6 Å². The van der Waals surface area contributed by atoms with Gasteiger partial charge in [-0.05, 0) is 62.0 Å². The molecule has 0 atom stereocenters. The van der Waals surface area contributed by atoms with Gasteiger partial charge in [0, 0.05) is 12.7 Å². The van der Waals surface area contributed by atoms with E-state index in [0.29, 0.717) is 39.6 Å². The molecule has 0 saturated heterocycles. The number of aromatic amines is 1. The van der Waals surface area contributed by atoms with Crippen molar-refractivity contribution in [3.63, 3.8) is 0 Å². The quantitative estimate of drug-likeness (QED) is 0.205. The summed E-state index contributed by atoms with van der Waals surface area (Å²) in [5.41, 5.74) is 3.42. The van der Waals surface area contributed by atoms with Crippen LogP contribution in [0.25, 0.3) is 34.1 Å². The highest BCUT2D eigenvalue weighted by Gasteiger charge is 2.45. The first-order chi connectivity index (χ1) is 21.0. The minimum absolute atomic E-state index is 0.113. The summed E-state index contributed by atoms with van der Waals surface area (Å²) in [5, 5.41) is 4.30. The van der Waals surface area contributed by atoms with Crippen LogP contribution >= 0.6 is 11.6 Å². The predicted octanol–water partition coefficient (Wildman–Crippen LogP) is 6.36. The third-order valence-corrected chi connectivity index (χ3v) is 9.36. The van der Waals surface area contributed by atoms with E-state index in [1.807, 2.05) is 6.07 Å². The minimum atomic E-state index is -0.693. The van der Waals surface area contributed by atoms with Crippen LogP contribution in [0.5, 0.6) is 5.88 Å². The summed E-state index contributed by atoms with van der Waals surface area (Å²) in [6.07, 6.45) is 11.2. The Morgan fingerprint density at radius 3 is 2.60 bits per heavy atom. The van der Waals surface area contributed by atoms with Crippen LogP contribution in [0.15, 0.2) is 64.6 Å². The minimum Gasteiger partial charge on any atom is -0.481 e. The molecule has 220 valence electrons. The second kappa shape index (κ2) is 11.1. The molecule has 11 heteroatoms. The van der Waals surface area contributed by atoms with Crippen molar-refractivity contribution in [1.29, 1.82) is 0 Å². The molecule has 43 heavy (non-hydrogen) atoms. The van der Waals surface area contributed by atoms with Gasteiger partial charge in [-0.3, -0.25) is 9.51 Å². The van der Waals surface area contributed by atoms with Gasteiger partial charge in [-0.15, -0.1) is 6.58 Å². The molecule has 2 saturated carbocycles. The number of fused-ring (bicyclic) bond motifs is 1. The predicted molar refractivity (Wildman–Crippen MR) is 163 cm³/mol. The summed E-state index contributed by atoms with van der Waals surface area (Å²) in [6.45, 7) is 4.81. The van der Waals surface area contributed by atoms with E-state index >= 15 is 0 Å². The number of methoxy groups -OCH3 is 1. The Morgan fingerprint density at radius 1 is 1.16 bits per heavy atom. The lowest BCUT2D eigenvalue weighted by Crippen LogP contribution is -2.39. The van der Waals surface area contributed by atoms with Crippen LogP contribution in [-0.2, 0) is 12.0 Å². The Bertz CT molecular complexity index is 1850. The van der Waals surface area contributed by atoms with E-state index in [9.17, 15) is 4.79 Å². The average molecular weight is 598 g/mol. The molecule has 2 aliphatic rings. The van der Waals surface area contributed by atoms with Crippen molar-refractivity contribution in [3.8, 4) is 28.8 Å². The fourth-order valence-electron chi connectivity index (χ4n) is 6.75. The van der Waals surface area contributed by atoms with Crippen molar-refractivity contribution in [2.75, 3.05) is 7.11 Å². The molecule has 10 nitrogen and oxygen atoms in total. The zero-order valence-corrected chi connectivity index (χ0v) is 24.7. The summed E-state index contributed by atoms with van der Waals surface area (Å²) in [4.78, 5) is 34.0. The summed E-state index contributed by atoms with van der Waals surface area (Å²) < 4.78 is 12.8. The van der Waals surface area contributed by atoms with Crippen molar-refractivity contribution in [2.45, 2.75) is 56.9 Å². The lowest BCUT2D eigenvalue weighted by atomic mass is 9.63. The summed E-state index contributed by atoms with van der Waals surface area (Å²) in [7, 11) is 1.56. The number of nitrogens with zero attached hydrogens (tertiary/aromatic N) is 6. The Kier molecular flexibility index (Phi) is 7.09. The van der Waals surface area contributed by atoms with Gasteiger partial charge in [0.15, 0.2) is 5.65 Å². The van der Waals surface area contributed by atoms with Gasteiger partial charge in [-0.1, -0.05) is 59.6 Å². The fourth-order valence-corrected chi connectivity index (χ4v) is 6.91. The second-order valence-electron chi connectivity index (χ2n) is 11.6. The Labute approximate surface area is 253 Å². The molecule has 7 rings (SSSR count). The summed E-state index contributed by atoms with van der Waals surface area (Å²) in [6, 6.07) is 12.4. The van der Waals surface area contributed by atoms with Gasteiger partial charge in [-0.25, -0.2) is 24.7 Å². The molecule has 0 amide bonds. The van der Waals surface area contributed by atoms with E-state index in [2.05, 4.69) is 56.6 Å². The van der Waals surface area contributed by atoms with E-state index in [-0.39, 0.29) is 17.1 Å². The number of pyridine rings is 1. The summed E-state index contributed by atoms with van der Waals surface area (Å²) in [5.74, 6) is 1.96. The number of hydrogen-bond acceptors (Lipinski definition) is 8. The van der Waals surface area contributed by atoms with E-state index in [1.54, 1.807) is 13.2 Å². The Balaban J connectivity index is 1.51. The zero-order chi connectivity index (χ0) is 29.6. The first-order valence-electron chi connectivity index (χ1n) is 14.7. The third kappa shape index (κ3) is 4.83. The summed E-state index contributed by atoms with van der Waals surface area (Å²) >= 11 is 6.48. The standard InChI is InChI=1S/C32H32ClN7O3/c1-3-19-10-12-20(13-11-19)18-40-25-24(23-16-22(33)17-34-29(23)42-2)35-27(28-38-31(41)43-39-28)36-26(25)37-30(40)32(14-7-15-32)21-8-5-4-6-9-21/h3-6,8-9,16-17,19-20H,1,7,10-15,18H2,2H3,(H,38,39,41). The molecule has 0 bridgehead atoms. The van der Waals surface area contributed by atoms with Gasteiger partial charge in [0.1, 0.15) is 17.0 Å². The number of hydrogen-bond donors (Lipinski definition) is 1. The van der Waals surface area contributed by atoms with Crippen LogP contribution < -0.4 is 10.5 Å². The lowest BCUT2D eigenvalue weighted by molar-refractivity contribution is 0.250. The van der Waals surface area contributed by atoms with Gasteiger partial charge in [0.05, 0.1) is 23.1 Å². The third-order valence-electron chi connectivity index (χ3n) is 9.15. The number of imidazole rings is 1. The van der Waals surface area contributed by atoms with Crippen LogP contribution in [0.3, 0.4) is 0 Å². The Morgan fingerprint density at radius 2 is 1.95 bits per heavy atom. The van der Waals surface area contributed by atoms with Crippen LogP contribution in [0.4, 0.5) is 0 Å².